The van der Waals surface area contributed by atoms with Crippen molar-refractivity contribution in [1.82, 2.24) is 10.2 Å². The quantitative estimate of drug-likeness (QED) is 0.307. The third kappa shape index (κ3) is 8.39. The number of rotatable bonds is 11. The second kappa shape index (κ2) is 13.3. The molecule has 0 saturated carbocycles. The number of hydrogen-bond donors (Lipinski definition) is 1. The minimum atomic E-state index is -4.14. The van der Waals surface area contributed by atoms with E-state index in [0.717, 1.165) is 9.87 Å². The van der Waals surface area contributed by atoms with Crippen LogP contribution in [0.4, 0.5) is 10.1 Å². The van der Waals surface area contributed by atoms with Gasteiger partial charge in [0.2, 0.25) is 11.8 Å². The second-order valence-corrected chi connectivity index (χ2v) is 13.2. The minimum Gasteiger partial charge on any atom is -0.350 e. The van der Waals surface area contributed by atoms with Gasteiger partial charge >= 0.3 is 0 Å². The summed E-state index contributed by atoms with van der Waals surface area (Å²) < 4.78 is 42.5. The van der Waals surface area contributed by atoms with Crippen LogP contribution in [0.3, 0.4) is 0 Å². The van der Waals surface area contributed by atoms with Crippen molar-refractivity contribution in [3.8, 4) is 0 Å². The lowest BCUT2D eigenvalue weighted by atomic mass is 10.0. The number of benzene rings is 3. The van der Waals surface area contributed by atoms with Crippen molar-refractivity contribution in [2.75, 3.05) is 10.8 Å². The van der Waals surface area contributed by atoms with Gasteiger partial charge in [0.1, 0.15) is 18.4 Å². The maximum atomic E-state index is 14.1. The van der Waals surface area contributed by atoms with Crippen molar-refractivity contribution in [3.63, 3.8) is 0 Å². The van der Waals surface area contributed by atoms with Crippen LogP contribution in [0.1, 0.15) is 65.0 Å². The number of nitrogens with zero attached hydrogens (tertiary/aromatic N) is 2. The van der Waals surface area contributed by atoms with Crippen LogP contribution in [-0.4, -0.2) is 43.3 Å². The highest BCUT2D eigenvalue weighted by molar-refractivity contribution is 7.92. The van der Waals surface area contributed by atoms with Crippen molar-refractivity contribution in [2.24, 2.45) is 0 Å². The Kier molecular flexibility index (Phi) is 10.3. The lowest BCUT2D eigenvalue weighted by Crippen LogP contribution is -2.55. The van der Waals surface area contributed by atoms with Gasteiger partial charge in [-0.3, -0.25) is 13.9 Å². The molecule has 0 bridgehead atoms. The zero-order chi connectivity index (χ0) is 30.4. The summed E-state index contributed by atoms with van der Waals surface area (Å²) in [6.45, 7) is 10.9. The molecule has 0 aliphatic rings. The molecule has 0 aliphatic carbocycles. The molecule has 0 fully saturated rings. The number of anilines is 1. The molecule has 2 amide bonds. The van der Waals surface area contributed by atoms with E-state index in [0.29, 0.717) is 17.7 Å². The van der Waals surface area contributed by atoms with Crippen molar-refractivity contribution in [1.29, 1.82) is 0 Å². The normalized spacial score (nSPS) is 12.6. The molecule has 41 heavy (non-hydrogen) atoms. The van der Waals surface area contributed by atoms with Crippen molar-refractivity contribution in [3.05, 3.63) is 95.8 Å². The fourth-order valence-corrected chi connectivity index (χ4v) is 5.87. The highest BCUT2D eigenvalue weighted by Gasteiger charge is 2.34. The molecular formula is C32H40FN3O4S. The van der Waals surface area contributed by atoms with Crippen molar-refractivity contribution < 1.29 is 22.4 Å². The topological polar surface area (TPSA) is 86.8 Å². The zero-order valence-corrected chi connectivity index (χ0v) is 25.4. The summed E-state index contributed by atoms with van der Waals surface area (Å²) in [5.41, 5.74) is 1.43. The van der Waals surface area contributed by atoms with Crippen LogP contribution in [-0.2, 0) is 26.2 Å². The summed E-state index contributed by atoms with van der Waals surface area (Å²) >= 11 is 0. The largest absolute Gasteiger partial charge is 0.350 e. The Hall–Kier alpha value is -3.72. The maximum Gasteiger partial charge on any atom is 0.264 e. The van der Waals surface area contributed by atoms with E-state index in [9.17, 15) is 22.4 Å². The summed E-state index contributed by atoms with van der Waals surface area (Å²) in [7, 11) is -4.14. The molecule has 1 atom stereocenters. The summed E-state index contributed by atoms with van der Waals surface area (Å²) in [5, 5.41) is 2.93. The van der Waals surface area contributed by atoms with E-state index in [1.165, 1.54) is 29.2 Å². The van der Waals surface area contributed by atoms with Crippen LogP contribution in [0, 0.1) is 5.82 Å². The van der Waals surface area contributed by atoms with E-state index < -0.39 is 39.9 Å². The van der Waals surface area contributed by atoms with Gasteiger partial charge in [-0.2, -0.15) is 0 Å². The standard InChI is InChI=1S/C32H40FN3O4S/c1-7-29(31(38)34-32(4,5)6)35(21-24-13-17-26(33)18-14-24)30(37)22-36(27-19-15-25(16-20-27)23(2)3)41(39,40)28-11-9-8-10-12-28/h8-20,23,29H,7,21-22H2,1-6H3,(H,34,38)/t29-/m0/s1. The minimum absolute atomic E-state index is 0.000689. The highest BCUT2D eigenvalue weighted by Crippen LogP contribution is 2.27. The van der Waals surface area contributed by atoms with Crippen LogP contribution >= 0.6 is 0 Å². The lowest BCUT2D eigenvalue weighted by molar-refractivity contribution is -0.141. The molecule has 0 unspecified atom stereocenters. The molecule has 0 saturated heterocycles. The Bertz CT molecular complexity index is 1420. The first kappa shape index (κ1) is 31.8. The molecular weight excluding hydrogens is 541 g/mol. The third-order valence-corrected chi connectivity index (χ3v) is 8.40. The predicted octanol–water partition coefficient (Wildman–Crippen LogP) is 5.87. The number of halogens is 1. The van der Waals surface area contributed by atoms with Gasteiger partial charge < -0.3 is 10.2 Å². The molecule has 0 spiro atoms. The molecule has 0 radical (unpaired) electrons. The number of hydrogen-bond acceptors (Lipinski definition) is 4. The van der Waals surface area contributed by atoms with E-state index in [-0.39, 0.29) is 23.3 Å². The van der Waals surface area contributed by atoms with Gasteiger partial charge in [-0.05, 0) is 80.6 Å². The summed E-state index contributed by atoms with van der Waals surface area (Å²) in [6.07, 6.45) is 0.295. The molecule has 0 aromatic heterocycles. The number of carbonyl (C=O) groups excluding carboxylic acids is 2. The summed E-state index contributed by atoms with van der Waals surface area (Å²) in [6, 6.07) is 19.8. The zero-order valence-electron chi connectivity index (χ0n) is 24.6. The van der Waals surface area contributed by atoms with E-state index in [1.54, 1.807) is 49.4 Å². The molecule has 7 nitrogen and oxygen atoms in total. The Morgan fingerprint density at radius 2 is 1.49 bits per heavy atom. The van der Waals surface area contributed by atoms with Crippen molar-refractivity contribution in [2.45, 2.75) is 76.9 Å². The van der Waals surface area contributed by atoms with Crippen LogP contribution < -0.4 is 9.62 Å². The number of carbonyl (C=O) groups is 2. The molecule has 9 heteroatoms. The van der Waals surface area contributed by atoms with Gasteiger partial charge in [-0.1, -0.05) is 63.2 Å². The van der Waals surface area contributed by atoms with Gasteiger partial charge in [0.25, 0.3) is 10.0 Å². The Morgan fingerprint density at radius 1 is 0.902 bits per heavy atom. The molecule has 1 N–H and O–H groups in total. The van der Waals surface area contributed by atoms with Gasteiger partial charge in [0.15, 0.2) is 0 Å². The second-order valence-electron chi connectivity index (χ2n) is 11.4. The third-order valence-electron chi connectivity index (χ3n) is 6.61. The van der Waals surface area contributed by atoms with E-state index in [1.807, 2.05) is 46.8 Å². The van der Waals surface area contributed by atoms with E-state index >= 15 is 0 Å². The fraction of sp³-hybridized carbons (Fsp3) is 0.375. The molecule has 3 aromatic carbocycles. The van der Waals surface area contributed by atoms with E-state index in [4.69, 9.17) is 0 Å². The fourth-order valence-electron chi connectivity index (χ4n) is 4.43. The SMILES string of the molecule is CC[C@@H](C(=O)NC(C)(C)C)N(Cc1ccc(F)cc1)C(=O)CN(c1ccc(C(C)C)cc1)S(=O)(=O)c1ccccc1. The molecule has 3 rings (SSSR count). The average molecular weight is 582 g/mol. The van der Waals surface area contributed by atoms with E-state index in [2.05, 4.69) is 5.32 Å². The summed E-state index contributed by atoms with van der Waals surface area (Å²) in [4.78, 5) is 28.9. The Balaban J connectivity index is 2.07. The van der Waals surface area contributed by atoms with Crippen LogP contribution in [0.2, 0.25) is 0 Å². The van der Waals surface area contributed by atoms with Crippen LogP contribution in [0.15, 0.2) is 83.8 Å². The van der Waals surface area contributed by atoms with Gasteiger partial charge in [0, 0.05) is 12.1 Å². The maximum absolute atomic E-state index is 14.1. The number of amides is 2. The molecule has 3 aromatic rings. The Labute approximate surface area is 243 Å². The first-order valence-corrected chi connectivity index (χ1v) is 15.2. The summed E-state index contributed by atoms with van der Waals surface area (Å²) in [5.74, 6) is -1.09. The predicted molar refractivity (Wildman–Crippen MR) is 160 cm³/mol. The van der Waals surface area contributed by atoms with Gasteiger partial charge in [0.05, 0.1) is 10.6 Å². The highest BCUT2D eigenvalue weighted by atomic mass is 32.2. The van der Waals surface area contributed by atoms with Gasteiger partial charge in [-0.15, -0.1) is 0 Å². The molecule has 0 heterocycles. The van der Waals surface area contributed by atoms with Crippen molar-refractivity contribution >= 4 is 27.5 Å². The van der Waals surface area contributed by atoms with Crippen LogP contribution in [0.25, 0.3) is 0 Å². The number of nitrogens with one attached hydrogen (secondary N) is 1. The molecule has 0 aliphatic heterocycles. The first-order chi connectivity index (χ1) is 19.2. The van der Waals surface area contributed by atoms with Crippen LogP contribution in [0.5, 0.6) is 0 Å². The monoisotopic (exact) mass is 581 g/mol. The average Bonchev–Trinajstić information content (AvgIpc) is 2.92. The lowest BCUT2D eigenvalue weighted by Gasteiger charge is -2.34. The molecule has 220 valence electrons. The Morgan fingerprint density at radius 3 is 2.00 bits per heavy atom. The first-order valence-electron chi connectivity index (χ1n) is 13.8. The smallest absolute Gasteiger partial charge is 0.264 e. The van der Waals surface area contributed by atoms with Gasteiger partial charge in [-0.25, -0.2) is 12.8 Å². The number of sulfonamides is 1.